The van der Waals surface area contributed by atoms with Crippen molar-refractivity contribution < 1.29 is 18.0 Å². The molecule has 0 saturated carbocycles. The number of sulfone groups is 1. The molecule has 0 aromatic carbocycles. The predicted octanol–water partition coefficient (Wildman–Crippen LogP) is -1.64. The molecule has 2 N–H and O–H groups in total. The van der Waals surface area contributed by atoms with Gasteiger partial charge in [0.15, 0.2) is 9.84 Å². The summed E-state index contributed by atoms with van der Waals surface area (Å²) in [5.74, 6) is -0.896. The first-order valence-electron chi connectivity index (χ1n) is 6.94. The van der Waals surface area contributed by atoms with E-state index in [1.54, 1.807) is 0 Å². The number of piperazine rings is 1. The number of hydrogen-bond acceptors (Lipinski definition) is 5. The lowest BCUT2D eigenvalue weighted by atomic mass is 10.0. The van der Waals surface area contributed by atoms with E-state index in [2.05, 4.69) is 10.6 Å². The van der Waals surface area contributed by atoms with E-state index in [0.717, 1.165) is 0 Å². The van der Waals surface area contributed by atoms with Crippen LogP contribution < -0.4 is 10.6 Å². The Morgan fingerprint density at radius 1 is 1.40 bits per heavy atom. The summed E-state index contributed by atoms with van der Waals surface area (Å²) in [5.41, 5.74) is 0. The molecule has 2 heterocycles. The molecule has 0 aliphatic carbocycles. The Bertz CT molecular complexity index is 491. The standard InChI is InChI=1S/C12H21N3O4S/c1-2-14-11(16)10-7-13-4-5-15(10)12(17)9-3-6-20(18,19)8-9/h9-10,13H,2-8H2,1H3,(H,14,16). The van der Waals surface area contributed by atoms with E-state index in [0.29, 0.717) is 32.6 Å². The molecule has 2 atom stereocenters. The van der Waals surface area contributed by atoms with Crippen LogP contribution in [0.15, 0.2) is 0 Å². The minimum Gasteiger partial charge on any atom is -0.355 e. The lowest BCUT2D eigenvalue weighted by Crippen LogP contribution is -2.60. The fourth-order valence-electron chi connectivity index (χ4n) is 2.72. The van der Waals surface area contributed by atoms with Crippen LogP contribution in [0, 0.1) is 5.92 Å². The Balaban J connectivity index is 2.08. The van der Waals surface area contributed by atoms with Gasteiger partial charge in [-0.05, 0) is 13.3 Å². The maximum atomic E-state index is 12.5. The molecule has 2 amide bonds. The first kappa shape index (κ1) is 15.2. The Morgan fingerprint density at radius 2 is 2.15 bits per heavy atom. The monoisotopic (exact) mass is 303 g/mol. The van der Waals surface area contributed by atoms with Gasteiger partial charge >= 0.3 is 0 Å². The zero-order valence-electron chi connectivity index (χ0n) is 11.6. The van der Waals surface area contributed by atoms with Crippen molar-refractivity contribution in [3.05, 3.63) is 0 Å². The maximum Gasteiger partial charge on any atom is 0.244 e. The molecule has 2 unspecified atom stereocenters. The van der Waals surface area contributed by atoms with Crippen LogP contribution in [0.1, 0.15) is 13.3 Å². The lowest BCUT2D eigenvalue weighted by molar-refractivity contribution is -0.144. The fourth-order valence-corrected chi connectivity index (χ4v) is 4.45. The summed E-state index contributed by atoms with van der Waals surface area (Å²) < 4.78 is 23.0. The van der Waals surface area contributed by atoms with Crippen molar-refractivity contribution in [2.24, 2.45) is 5.92 Å². The van der Waals surface area contributed by atoms with Gasteiger partial charge < -0.3 is 15.5 Å². The summed E-state index contributed by atoms with van der Waals surface area (Å²) in [5, 5.41) is 5.81. The van der Waals surface area contributed by atoms with Gasteiger partial charge in [-0.15, -0.1) is 0 Å². The summed E-state index contributed by atoms with van der Waals surface area (Å²) >= 11 is 0. The summed E-state index contributed by atoms with van der Waals surface area (Å²) in [7, 11) is -3.09. The van der Waals surface area contributed by atoms with Crippen LogP contribution in [0.5, 0.6) is 0 Å². The molecule has 2 saturated heterocycles. The van der Waals surface area contributed by atoms with Crippen molar-refractivity contribution >= 4 is 21.7 Å². The molecule has 7 nitrogen and oxygen atoms in total. The summed E-state index contributed by atoms with van der Waals surface area (Å²) in [6.45, 7) is 3.81. The Labute approximate surface area is 119 Å². The molecular weight excluding hydrogens is 282 g/mol. The van der Waals surface area contributed by atoms with Gasteiger partial charge in [0.1, 0.15) is 6.04 Å². The molecule has 0 aromatic rings. The predicted molar refractivity (Wildman–Crippen MR) is 73.8 cm³/mol. The van der Waals surface area contributed by atoms with Crippen LogP contribution in [0.4, 0.5) is 0 Å². The largest absolute Gasteiger partial charge is 0.355 e. The van der Waals surface area contributed by atoms with Crippen LogP contribution in [-0.2, 0) is 19.4 Å². The van der Waals surface area contributed by atoms with Crippen LogP contribution >= 0.6 is 0 Å². The number of rotatable bonds is 3. The summed E-state index contributed by atoms with van der Waals surface area (Å²) in [6.07, 6.45) is 0.368. The molecule has 0 radical (unpaired) electrons. The van der Waals surface area contributed by atoms with Gasteiger partial charge in [-0.2, -0.15) is 0 Å². The molecule has 0 spiro atoms. The van der Waals surface area contributed by atoms with Gasteiger partial charge in [0.25, 0.3) is 0 Å². The first-order valence-corrected chi connectivity index (χ1v) is 8.76. The third-order valence-corrected chi connectivity index (χ3v) is 5.53. The highest BCUT2D eigenvalue weighted by Crippen LogP contribution is 2.22. The number of nitrogens with one attached hydrogen (secondary N) is 2. The zero-order valence-corrected chi connectivity index (χ0v) is 12.4. The number of hydrogen-bond donors (Lipinski definition) is 2. The van der Waals surface area contributed by atoms with Crippen molar-refractivity contribution in [2.75, 3.05) is 37.7 Å². The Kier molecular flexibility index (Phi) is 4.64. The molecule has 0 aromatic heterocycles. The van der Waals surface area contributed by atoms with Crippen LogP contribution in [-0.4, -0.2) is 68.9 Å². The number of likely N-dealkylation sites (N-methyl/N-ethyl adjacent to an activating group) is 1. The Hall–Kier alpha value is -1.15. The van der Waals surface area contributed by atoms with E-state index < -0.39 is 21.8 Å². The van der Waals surface area contributed by atoms with E-state index >= 15 is 0 Å². The highest BCUT2D eigenvalue weighted by molar-refractivity contribution is 7.91. The molecule has 2 fully saturated rings. The fraction of sp³-hybridized carbons (Fsp3) is 0.833. The molecule has 114 valence electrons. The summed E-state index contributed by atoms with van der Waals surface area (Å²) in [4.78, 5) is 26.0. The van der Waals surface area contributed by atoms with E-state index in [1.165, 1.54) is 4.90 Å². The number of amides is 2. The van der Waals surface area contributed by atoms with Crippen molar-refractivity contribution in [2.45, 2.75) is 19.4 Å². The van der Waals surface area contributed by atoms with Crippen molar-refractivity contribution in [3.63, 3.8) is 0 Å². The second kappa shape index (κ2) is 6.09. The molecule has 2 aliphatic rings. The highest BCUT2D eigenvalue weighted by Gasteiger charge is 2.39. The molecule has 8 heteroatoms. The van der Waals surface area contributed by atoms with Crippen LogP contribution in [0.3, 0.4) is 0 Å². The number of carbonyl (C=O) groups excluding carboxylic acids is 2. The highest BCUT2D eigenvalue weighted by atomic mass is 32.2. The second-order valence-electron chi connectivity index (χ2n) is 5.25. The normalized spacial score (nSPS) is 29.1. The number of nitrogens with zero attached hydrogens (tertiary/aromatic N) is 1. The van der Waals surface area contributed by atoms with Gasteiger partial charge in [0.2, 0.25) is 11.8 Å². The van der Waals surface area contributed by atoms with E-state index in [-0.39, 0.29) is 23.3 Å². The molecule has 0 bridgehead atoms. The van der Waals surface area contributed by atoms with Gasteiger partial charge in [-0.1, -0.05) is 0 Å². The average molecular weight is 303 g/mol. The third kappa shape index (κ3) is 3.29. The third-order valence-electron chi connectivity index (χ3n) is 3.76. The average Bonchev–Trinajstić information content (AvgIpc) is 2.78. The van der Waals surface area contributed by atoms with Gasteiger partial charge in [-0.25, -0.2) is 8.42 Å². The smallest absolute Gasteiger partial charge is 0.244 e. The van der Waals surface area contributed by atoms with Crippen LogP contribution in [0.25, 0.3) is 0 Å². The number of carbonyl (C=O) groups is 2. The summed E-state index contributed by atoms with van der Waals surface area (Å²) in [6, 6.07) is -0.542. The van der Waals surface area contributed by atoms with Gasteiger partial charge in [0, 0.05) is 26.2 Å². The minimum atomic E-state index is -3.09. The molecular formula is C12H21N3O4S. The van der Waals surface area contributed by atoms with Crippen LogP contribution in [0.2, 0.25) is 0 Å². The molecule has 2 aliphatic heterocycles. The second-order valence-corrected chi connectivity index (χ2v) is 7.47. The zero-order chi connectivity index (χ0) is 14.8. The van der Waals surface area contributed by atoms with Crippen molar-refractivity contribution in [1.82, 2.24) is 15.5 Å². The van der Waals surface area contributed by atoms with E-state index in [9.17, 15) is 18.0 Å². The molecule has 2 rings (SSSR count). The SMILES string of the molecule is CCNC(=O)C1CNCCN1C(=O)C1CCS(=O)(=O)C1. The lowest BCUT2D eigenvalue weighted by Gasteiger charge is -2.36. The van der Waals surface area contributed by atoms with Crippen molar-refractivity contribution in [3.8, 4) is 0 Å². The topological polar surface area (TPSA) is 95.6 Å². The first-order chi connectivity index (χ1) is 9.44. The van der Waals surface area contributed by atoms with Gasteiger partial charge in [0.05, 0.1) is 17.4 Å². The minimum absolute atomic E-state index is 0.0708. The van der Waals surface area contributed by atoms with E-state index in [1.807, 2.05) is 6.92 Å². The quantitative estimate of drug-likeness (QED) is 0.652. The molecule has 20 heavy (non-hydrogen) atoms. The van der Waals surface area contributed by atoms with E-state index in [4.69, 9.17) is 0 Å². The Morgan fingerprint density at radius 3 is 2.75 bits per heavy atom. The van der Waals surface area contributed by atoms with Gasteiger partial charge in [-0.3, -0.25) is 9.59 Å². The van der Waals surface area contributed by atoms with Crippen molar-refractivity contribution in [1.29, 1.82) is 0 Å². The maximum absolute atomic E-state index is 12.5.